The molecule has 0 aliphatic carbocycles. The van der Waals surface area contributed by atoms with Gasteiger partial charge in [0.1, 0.15) is 0 Å². The first-order chi connectivity index (χ1) is 8.09. The number of rotatable bonds is 3. The van der Waals surface area contributed by atoms with Crippen molar-refractivity contribution in [1.29, 1.82) is 0 Å². The second-order valence-corrected chi connectivity index (χ2v) is 3.92. The van der Waals surface area contributed by atoms with E-state index >= 15 is 0 Å². The van der Waals surface area contributed by atoms with Gasteiger partial charge in [-0.25, -0.2) is 4.79 Å². The van der Waals surface area contributed by atoms with Crippen molar-refractivity contribution in [2.24, 2.45) is 0 Å². The summed E-state index contributed by atoms with van der Waals surface area (Å²) in [5.41, 5.74) is 1.73. The van der Waals surface area contributed by atoms with Crippen LogP contribution in [0.25, 0.3) is 0 Å². The molecule has 6 heteroatoms. The molecule has 2 rings (SSSR count). The minimum atomic E-state index is -0.965. The van der Waals surface area contributed by atoms with Crippen LogP contribution in [0.5, 0.6) is 0 Å². The number of ether oxygens (including phenoxy) is 1. The molecule has 2 N–H and O–H groups in total. The number of hydrogen-bond acceptors (Lipinski definition) is 3. The van der Waals surface area contributed by atoms with Crippen LogP contribution in [0.2, 0.25) is 0 Å². The minimum absolute atomic E-state index is 0.135. The molecule has 17 heavy (non-hydrogen) atoms. The van der Waals surface area contributed by atoms with E-state index in [-0.39, 0.29) is 11.5 Å². The Morgan fingerprint density at radius 2 is 2.35 bits per heavy atom. The summed E-state index contributed by atoms with van der Waals surface area (Å²) < 4.78 is 7.16. The number of carboxylic acids is 1. The molecule has 0 unspecified atom stereocenters. The second kappa shape index (κ2) is 4.58. The third-order valence-corrected chi connectivity index (χ3v) is 2.74. The molecular weight excluding hydrogens is 224 g/mol. The average molecular weight is 238 g/mol. The molecule has 0 spiro atoms. The van der Waals surface area contributed by atoms with Crippen molar-refractivity contribution >= 4 is 11.9 Å². The SMILES string of the molecule is CC(=O)NCc1cc(C(=O)O)c2n1CCOC2. The van der Waals surface area contributed by atoms with Crippen molar-refractivity contribution in [3.63, 3.8) is 0 Å². The lowest BCUT2D eigenvalue weighted by molar-refractivity contribution is -0.119. The molecule has 2 heterocycles. The van der Waals surface area contributed by atoms with Crippen molar-refractivity contribution in [2.75, 3.05) is 6.61 Å². The van der Waals surface area contributed by atoms with Gasteiger partial charge in [-0.2, -0.15) is 0 Å². The van der Waals surface area contributed by atoms with E-state index < -0.39 is 5.97 Å². The normalized spacial score (nSPS) is 14.2. The number of fused-ring (bicyclic) bond motifs is 1. The molecule has 0 fully saturated rings. The van der Waals surface area contributed by atoms with Crippen LogP contribution < -0.4 is 5.32 Å². The lowest BCUT2D eigenvalue weighted by Gasteiger charge is -2.19. The third-order valence-electron chi connectivity index (χ3n) is 2.74. The number of amides is 1. The number of aromatic carboxylic acids is 1. The molecule has 1 aromatic rings. The van der Waals surface area contributed by atoms with E-state index in [0.29, 0.717) is 32.0 Å². The predicted molar refractivity (Wildman–Crippen MR) is 58.6 cm³/mol. The van der Waals surface area contributed by atoms with E-state index in [9.17, 15) is 9.59 Å². The quantitative estimate of drug-likeness (QED) is 0.796. The molecule has 0 radical (unpaired) electrons. The summed E-state index contributed by atoms with van der Waals surface area (Å²) in [5, 5.41) is 11.7. The van der Waals surface area contributed by atoms with Gasteiger partial charge < -0.3 is 19.7 Å². The van der Waals surface area contributed by atoms with Crippen LogP contribution in [-0.4, -0.2) is 28.2 Å². The largest absolute Gasteiger partial charge is 0.478 e. The Morgan fingerprint density at radius 3 is 3.00 bits per heavy atom. The van der Waals surface area contributed by atoms with Gasteiger partial charge >= 0.3 is 5.97 Å². The molecule has 0 saturated heterocycles. The van der Waals surface area contributed by atoms with Crippen LogP contribution >= 0.6 is 0 Å². The van der Waals surface area contributed by atoms with Crippen LogP contribution in [-0.2, 0) is 29.2 Å². The van der Waals surface area contributed by atoms with Crippen molar-refractivity contribution in [3.05, 3.63) is 23.0 Å². The maximum Gasteiger partial charge on any atom is 0.337 e. The molecule has 0 bridgehead atoms. The van der Waals surface area contributed by atoms with Gasteiger partial charge in [-0.05, 0) is 6.07 Å². The summed E-state index contributed by atoms with van der Waals surface area (Å²) in [6.07, 6.45) is 0. The maximum absolute atomic E-state index is 11.1. The predicted octanol–water partition coefficient (Wildman–Crippen LogP) is 0.353. The number of carbonyl (C=O) groups excluding carboxylic acids is 1. The van der Waals surface area contributed by atoms with E-state index in [4.69, 9.17) is 9.84 Å². The Morgan fingerprint density at radius 1 is 1.59 bits per heavy atom. The van der Waals surface area contributed by atoms with E-state index in [1.165, 1.54) is 6.92 Å². The molecule has 6 nitrogen and oxygen atoms in total. The fraction of sp³-hybridized carbons (Fsp3) is 0.455. The summed E-state index contributed by atoms with van der Waals surface area (Å²) >= 11 is 0. The summed E-state index contributed by atoms with van der Waals surface area (Å²) in [6.45, 7) is 3.27. The molecular formula is C11H14N2O4. The van der Waals surface area contributed by atoms with Crippen molar-refractivity contribution in [3.8, 4) is 0 Å². The fourth-order valence-corrected chi connectivity index (χ4v) is 1.95. The van der Waals surface area contributed by atoms with Gasteiger partial charge in [0.2, 0.25) is 5.91 Å². The lowest BCUT2D eigenvalue weighted by Crippen LogP contribution is -2.24. The van der Waals surface area contributed by atoms with Crippen molar-refractivity contribution < 1.29 is 19.4 Å². The highest BCUT2D eigenvalue weighted by Crippen LogP contribution is 2.20. The highest BCUT2D eigenvalue weighted by atomic mass is 16.5. The molecule has 1 aliphatic heterocycles. The summed E-state index contributed by atoms with van der Waals surface area (Å²) in [5.74, 6) is -1.10. The Balaban J connectivity index is 2.32. The average Bonchev–Trinajstić information content (AvgIpc) is 2.65. The van der Waals surface area contributed by atoms with Gasteiger partial charge in [-0.3, -0.25) is 4.79 Å². The van der Waals surface area contributed by atoms with E-state index in [2.05, 4.69) is 5.32 Å². The zero-order valence-corrected chi connectivity index (χ0v) is 9.52. The first-order valence-corrected chi connectivity index (χ1v) is 5.36. The summed E-state index contributed by atoms with van der Waals surface area (Å²) in [6, 6.07) is 1.60. The fourth-order valence-electron chi connectivity index (χ4n) is 1.95. The Labute approximate surface area is 98.2 Å². The highest BCUT2D eigenvalue weighted by Gasteiger charge is 2.22. The maximum atomic E-state index is 11.1. The van der Waals surface area contributed by atoms with Gasteiger partial charge in [0.25, 0.3) is 0 Å². The van der Waals surface area contributed by atoms with Crippen LogP contribution in [0.3, 0.4) is 0 Å². The molecule has 0 aromatic carbocycles. The smallest absolute Gasteiger partial charge is 0.337 e. The van der Waals surface area contributed by atoms with E-state index in [1.807, 2.05) is 4.57 Å². The molecule has 1 aliphatic rings. The Kier molecular flexibility index (Phi) is 3.14. The third kappa shape index (κ3) is 2.31. The second-order valence-electron chi connectivity index (χ2n) is 3.92. The van der Waals surface area contributed by atoms with Crippen LogP contribution in [0, 0.1) is 0 Å². The van der Waals surface area contributed by atoms with Crippen LogP contribution in [0.15, 0.2) is 6.07 Å². The molecule has 1 aromatic heterocycles. The minimum Gasteiger partial charge on any atom is -0.478 e. The van der Waals surface area contributed by atoms with Crippen LogP contribution in [0.4, 0.5) is 0 Å². The van der Waals surface area contributed by atoms with E-state index in [0.717, 1.165) is 5.69 Å². The summed E-state index contributed by atoms with van der Waals surface area (Å²) in [7, 11) is 0. The number of hydrogen-bond donors (Lipinski definition) is 2. The van der Waals surface area contributed by atoms with E-state index in [1.54, 1.807) is 6.07 Å². The standard InChI is InChI=1S/C11H14N2O4/c1-7(14)12-5-8-4-9(11(15)16)10-6-17-3-2-13(8)10/h4H,2-3,5-6H2,1H3,(H,12,14)(H,15,16). The summed E-state index contributed by atoms with van der Waals surface area (Å²) in [4.78, 5) is 21.9. The zero-order chi connectivity index (χ0) is 12.4. The number of carbonyl (C=O) groups is 2. The zero-order valence-electron chi connectivity index (χ0n) is 9.52. The molecule has 92 valence electrons. The molecule has 0 atom stereocenters. The number of carboxylic acid groups (broad SMARTS) is 1. The number of nitrogens with one attached hydrogen (secondary N) is 1. The van der Waals surface area contributed by atoms with Crippen molar-refractivity contribution in [1.82, 2.24) is 9.88 Å². The number of nitrogens with zero attached hydrogens (tertiary/aromatic N) is 1. The Bertz CT molecular complexity index is 464. The van der Waals surface area contributed by atoms with Gasteiger partial charge in [0.05, 0.1) is 31.0 Å². The van der Waals surface area contributed by atoms with Gasteiger partial charge in [-0.15, -0.1) is 0 Å². The van der Waals surface area contributed by atoms with Crippen LogP contribution in [0.1, 0.15) is 28.7 Å². The first kappa shape index (κ1) is 11.7. The highest BCUT2D eigenvalue weighted by molar-refractivity contribution is 5.89. The number of aromatic nitrogens is 1. The first-order valence-electron chi connectivity index (χ1n) is 5.36. The lowest BCUT2D eigenvalue weighted by atomic mass is 10.2. The Hall–Kier alpha value is -1.82. The molecule has 1 amide bonds. The van der Waals surface area contributed by atoms with Crippen molar-refractivity contribution in [2.45, 2.75) is 26.6 Å². The topological polar surface area (TPSA) is 80.6 Å². The van der Waals surface area contributed by atoms with Gasteiger partial charge in [-0.1, -0.05) is 0 Å². The monoisotopic (exact) mass is 238 g/mol. The molecule has 0 saturated carbocycles. The van der Waals surface area contributed by atoms with Gasteiger partial charge in [0.15, 0.2) is 0 Å². The van der Waals surface area contributed by atoms with Gasteiger partial charge in [0, 0.05) is 19.2 Å².